The van der Waals surface area contributed by atoms with E-state index in [1.165, 1.54) is 35.2 Å². The minimum Gasteiger partial charge on any atom is -0.258 e. The Balaban J connectivity index is 1.94. The largest absolute Gasteiger partial charge is 0.287 e. The van der Waals surface area contributed by atoms with Gasteiger partial charge < -0.3 is 0 Å². The van der Waals surface area contributed by atoms with E-state index in [2.05, 4.69) is 4.98 Å². The van der Waals surface area contributed by atoms with Crippen LogP contribution in [-0.2, 0) is 0 Å². The molecule has 0 radical (unpaired) electrons. The van der Waals surface area contributed by atoms with Crippen LogP contribution < -0.4 is 0 Å². The van der Waals surface area contributed by atoms with Crippen LogP contribution in [0.3, 0.4) is 0 Å². The van der Waals surface area contributed by atoms with E-state index in [9.17, 15) is 10.1 Å². The first kappa shape index (κ1) is 14.8. The SMILES string of the molecule is N#Cc1cc(Sc2nc3cc(Cl)ccc3s2)ccc1[N+](=O)[O-]. The highest BCUT2D eigenvalue weighted by atomic mass is 35.5. The first-order valence-corrected chi connectivity index (χ1v) is 8.00. The highest BCUT2D eigenvalue weighted by Gasteiger charge is 2.15. The molecule has 5 nitrogen and oxygen atoms in total. The first-order valence-electron chi connectivity index (χ1n) is 5.99. The van der Waals surface area contributed by atoms with Crippen LogP contribution >= 0.6 is 34.7 Å². The summed E-state index contributed by atoms with van der Waals surface area (Å²) < 4.78 is 1.80. The average molecular weight is 348 g/mol. The van der Waals surface area contributed by atoms with Crippen LogP contribution in [-0.4, -0.2) is 9.91 Å². The second kappa shape index (κ2) is 5.93. The topological polar surface area (TPSA) is 79.8 Å². The lowest BCUT2D eigenvalue weighted by atomic mass is 10.2. The number of hydrogen-bond donors (Lipinski definition) is 0. The predicted molar refractivity (Wildman–Crippen MR) is 86.6 cm³/mol. The van der Waals surface area contributed by atoms with Crippen molar-refractivity contribution in [1.82, 2.24) is 4.98 Å². The van der Waals surface area contributed by atoms with Crippen LogP contribution in [0.15, 0.2) is 45.6 Å². The van der Waals surface area contributed by atoms with Gasteiger partial charge in [0.05, 0.1) is 15.1 Å². The second-order valence-corrected chi connectivity index (χ2v) is 7.03. The molecular formula is C14H6ClN3O2S2. The van der Waals surface area contributed by atoms with Crippen molar-refractivity contribution < 1.29 is 4.92 Å². The van der Waals surface area contributed by atoms with Crippen molar-refractivity contribution in [3.05, 3.63) is 57.1 Å². The number of nitro benzene ring substituents is 1. The van der Waals surface area contributed by atoms with Crippen molar-refractivity contribution in [2.45, 2.75) is 9.24 Å². The number of aromatic nitrogens is 1. The molecule has 0 saturated carbocycles. The normalized spacial score (nSPS) is 10.5. The van der Waals surface area contributed by atoms with Crippen molar-refractivity contribution in [1.29, 1.82) is 5.26 Å². The van der Waals surface area contributed by atoms with Gasteiger partial charge >= 0.3 is 0 Å². The Morgan fingerprint density at radius 2 is 2.14 bits per heavy atom. The Kier molecular flexibility index (Phi) is 3.98. The van der Waals surface area contributed by atoms with Gasteiger partial charge in [0.25, 0.3) is 5.69 Å². The molecule has 108 valence electrons. The summed E-state index contributed by atoms with van der Waals surface area (Å²) in [7, 11) is 0. The Morgan fingerprint density at radius 3 is 2.86 bits per heavy atom. The predicted octanol–water partition coefficient (Wildman–Crippen LogP) is 4.88. The molecule has 0 amide bonds. The molecule has 0 atom stereocenters. The molecule has 0 N–H and O–H groups in total. The van der Waals surface area contributed by atoms with Gasteiger partial charge in [0.2, 0.25) is 0 Å². The van der Waals surface area contributed by atoms with E-state index in [0.717, 1.165) is 19.5 Å². The number of halogens is 1. The molecule has 1 aromatic heterocycles. The number of nitro groups is 1. The van der Waals surface area contributed by atoms with Crippen LogP contribution in [0.4, 0.5) is 5.69 Å². The number of rotatable bonds is 3. The van der Waals surface area contributed by atoms with E-state index < -0.39 is 4.92 Å². The van der Waals surface area contributed by atoms with Gasteiger partial charge in [0.15, 0.2) is 4.34 Å². The maximum atomic E-state index is 10.8. The Labute approximate surface area is 138 Å². The van der Waals surface area contributed by atoms with Crippen LogP contribution in [0.2, 0.25) is 5.02 Å². The van der Waals surface area contributed by atoms with E-state index in [0.29, 0.717) is 5.02 Å². The van der Waals surface area contributed by atoms with E-state index in [1.54, 1.807) is 18.2 Å². The minimum atomic E-state index is -0.563. The zero-order chi connectivity index (χ0) is 15.7. The van der Waals surface area contributed by atoms with E-state index in [1.807, 2.05) is 12.1 Å². The lowest BCUT2D eigenvalue weighted by Gasteiger charge is -1.99. The van der Waals surface area contributed by atoms with Crippen LogP contribution in [0.1, 0.15) is 5.56 Å². The van der Waals surface area contributed by atoms with Gasteiger partial charge in [-0.2, -0.15) is 5.26 Å². The fourth-order valence-corrected chi connectivity index (χ4v) is 4.08. The molecule has 0 aliphatic heterocycles. The molecule has 0 fully saturated rings. The third kappa shape index (κ3) is 2.90. The second-order valence-electron chi connectivity index (χ2n) is 4.24. The average Bonchev–Trinajstić information content (AvgIpc) is 2.88. The molecule has 0 aliphatic carbocycles. The van der Waals surface area contributed by atoms with Gasteiger partial charge in [-0.25, -0.2) is 4.98 Å². The van der Waals surface area contributed by atoms with Crippen LogP contribution in [0, 0.1) is 21.4 Å². The van der Waals surface area contributed by atoms with Gasteiger partial charge in [-0.1, -0.05) is 23.4 Å². The maximum Gasteiger partial charge on any atom is 0.287 e. The molecule has 22 heavy (non-hydrogen) atoms. The molecule has 8 heteroatoms. The molecule has 3 aromatic rings. The molecule has 0 unspecified atom stereocenters. The summed E-state index contributed by atoms with van der Waals surface area (Å²) >= 11 is 8.79. The van der Waals surface area contributed by atoms with E-state index >= 15 is 0 Å². The zero-order valence-electron chi connectivity index (χ0n) is 10.8. The maximum absolute atomic E-state index is 10.8. The number of benzene rings is 2. The summed E-state index contributed by atoms with van der Waals surface area (Å²) in [5.74, 6) is 0. The van der Waals surface area contributed by atoms with Gasteiger partial charge in [-0.05, 0) is 30.3 Å². The minimum absolute atomic E-state index is 0.0409. The Hall–Kier alpha value is -2.14. The Morgan fingerprint density at radius 1 is 1.32 bits per heavy atom. The van der Waals surface area contributed by atoms with Gasteiger partial charge in [0, 0.05) is 16.0 Å². The summed E-state index contributed by atoms with van der Waals surface area (Å²) in [6.45, 7) is 0. The molecule has 0 spiro atoms. The highest BCUT2D eigenvalue weighted by Crippen LogP contribution is 2.36. The summed E-state index contributed by atoms with van der Waals surface area (Å²) in [5.41, 5.74) is 0.657. The number of fused-ring (bicyclic) bond motifs is 1. The lowest BCUT2D eigenvalue weighted by molar-refractivity contribution is -0.385. The van der Waals surface area contributed by atoms with Gasteiger partial charge in [0.1, 0.15) is 11.6 Å². The molecular weight excluding hydrogens is 342 g/mol. The highest BCUT2D eigenvalue weighted by molar-refractivity contribution is 8.01. The third-order valence-electron chi connectivity index (χ3n) is 2.82. The molecule has 1 heterocycles. The standard InChI is InChI=1S/C14H6ClN3O2S2/c15-9-1-4-13-11(6-9)17-14(22-13)21-10-2-3-12(18(19)20)8(5-10)7-16/h1-6H. The van der Waals surface area contributed by atoms with E-state index in [-0.39, 0.29) is 11.3 Å². The fraction of sp³-hybridized carbons (Fsp3) is 0. The summed E-state index contributed by atoms with van der Waals surface area (Å²) in [6.07, 6.45) is 0. The van der Waals surface area contributed by atoms with Crippen molar-refractivity contribution in [3.63, 3.8) is 0 Å². The quantitative estimate of drug-likeness (QED) is 0.498. The monoisotopic (exact) mass is 347 g/mol. The van der Waals surface area contributed by atoms with Crippen LogP contribution in [0.25, 0.3) is 10.2 Å². The van der Waals surface area contributed by atoms with E-state index in [4.69, 9.17) is 16.9 Å². The van der Waals surface area contributed by atoms with Gasteiger partial charge in [-0.15, -0.1) is 11.3 Å². The lowest BCUT2D eigenvalue weighted by Crippen LogP contribution is -1.92. The zero-order valence-corrected chi connectivity index (χ0v) is 13.2. The number of nitriles is 1. The Bertz CT molecular complexity index is 933. The molecule has 0 saturated heterocycles. The third-order valence-corrected chi connectivity index (χ3v) is 5.14. The summed E-state index contributed by atoms with van der Waals surface area (Å²) in [5, 5.41) is 20.5. The molecule has 0 aliphatic rings. The molecule has 3 rings (SSSR count). The molecule has 2 aromatic carbocycles. The van der Waals surface area contributed by atoms with Gasteiger partial charge in [-0.3, -0.25) is 10.1 Å². The molecule has 0 bridgehead atoms. The van der Waals surface area contributed by atoms with Crippen molar-refractivity contribution >= 4 is 50.6 Å². The summed E-state index contributed by atoms with van der Waals surface area (Å²) in [6, 6.07) is 11.8. The number of hydrogen-bond acceptors (Lipinski definition) is 6. The van der Waals surface area contributed by atoms with Crippen molar-refractivity contribution in [2.24, 2.45) is 0 Å². The smallest absolute Gasteiger partial charge is 0.258 e. The van der Waals surface area contributed by atoms with Crippen molar-refractivity contribution in [3.8, 4) is 6.07 Å². The number of nitrogens with zero attached hydrogens (tertiary/aromatic N) is 3. The fourth-order valence-electron chi connectivity index (χ4n) is 1.85. The number of thiazole rings is 1. The van der Waals surface area contributed by atoms with Crippen molar-refractivity contribution in [2.75, 3.05) is 0 Å². The first-order chi connectivity index (χ1) is 10.6. The summed E-state index contributed by atoms with van der Waals surface area (Å²) in [4.78, 5) is 15.5. The van der Waals surface area contributed by atoms with Crippen LogP contribution in [0.5, 0.6) is 0 Å².